The van der Waals surface area contributed by atoms with Crippen LogP contribution in [0.4, 0.5) is 5.69 Å². The molecule has 0 unspecified atom stereocenters. The minimum Gasteiger partial charge on any atom is -0.396 e. The molecular formula is C16H23N3. The summed E-state index contributed by atoms with van der Waals surface area (Å²) in [6, 6.07) is 4.40. The Labute approximate surface area is 115 Å². The van der Waals surface area contributed by atoms with E-state index in [2.05, 4.69) is 46.8 Å². The summed E-state index contributed by atoms with van der Waals surface area (Å²) < 4.78 is 2.04. The van der Waals surface area contributed by atoms with E-state index in [-0.39, 0.29) is 0 Å². The molecule has 2 N–H and O–H groups in total. The summed E-state index contributed by atoms with van der Waals surface area (Å²) in [7, 11) is 0. The summed E-state index contributed by atoms with van der Waals surface area (Å²) in [5, 5.41) is 4.71. The molecule has 3 nitrogen and oxygen atoms in total. The Morgan fingerprint density at radius 1 is 1.05 bits per heavy atom. The van der Waals surface area contributed by atoms with E-state index in [9.17, 15) is 0 Å². The van der Waals surface area contributed by atoms with Crippen molar-refractivity contribution in [3.63, 3.8) is 0 Å². The van der Waals surface area contributed by atoms with Crippen molar-refractivity contribution in [2.45, 2.75) is 47.5 Å². The number of hydrogen-bond donors (Lipinski definition) is 1. The molecule has 19 heavy (non-hydrogen) atoms. The second kappa shape index (κ2) is 5.08. The lowest BCUT2D eigenvalue weighted by Crippen LogP contribution is -2.07. The van der Waals surface area contributed by atoms with Gasteiger partial charge in [0.2, 0.25) is 0 Å². The van der Waals surface area contributed by atoms with Crippen LogP contribution in [0.2, 0.25) is 0 Å². The summed E-state index contributed by atoms with van der Waals surface area (Å²) in [6.07, 6.45) is 1.77. The van der Waals surface area contributed by atoms with Crippen molar-refractivity contribution >= 4 is 5.69 Å². The van der Waals surface area contributed by atoms with E-state index in [1.165, 1.54) is 22.4 Å². The van der Waals surface area contributed by atoms with E-state index in [0.717, 1.165) is 29.9 Å². The largest absolute Gasteiger partial charge is 0.396 e. The molecule has 102 valence electrons. The Kier molecular flexibility index (Phi) is 3.65. The smallest absolute Gasteiger partial charge is 0.0858 e. The van der Waals surface area contributed by atoms with Crippen LogP contribution in [-0.2, 0) is 12.8 Å². The van der Waals surface area contributed by atoms with Gasteiger partial charge >= 0.3 is 0 Å². The van der Waals surface area contributed by atoms with Gasteiger partial charge in [0.05, 0.1) is 22.8 Å². The molecule has 0 atom stereocenters. The standard InChI is InChI=1S/C16H23N3/c1-6-13-15(17)14(7-2)19(18-13)16-11(4)8-10(3)9-12(16)5/h8-9H,6-7,17H2,1-5H3. The fraction of sp³-hybridized carbons (Fsp3) is 0.438. The van der Waals surface area contributed by atoms with Crippen molar-refractivity contribution < 1.29 is 0 Å². The molecule has 0 aliphatic heterocycles. The normalized spacial score (nSPS) is 11.0. The quantitative estimate of drug-likeness (QED) is 0.914. The van der Waals surface area contributed by atoms with Crippen molar-refractivity contribution in [3.05, 3.63) is 40.2 Å². The number of aromatic nitrogens is 2. The van der Waals surface area contributed by atoms with Crippen LogP contribution in [0.1, 0.15) is 41.9 Å². The number of nitrogen functional groups attached to an aromatic ring is 1. The van der Waals surface area contributed by atoms with Crippen molar-refractivity contribution in [1.82, 2.24) is 9.78 Å². The topological polar surface area (TPSA) is 43.8 Å². The molecule has 2 rings (SSSR count). The average Bonchev–Trinajstić information content (AvgIpc) is 2.64. The summed E-state index contributed by atoms with van der Waals surface area (Å²) in [4.78, 5) is 0. The van der Waals surface area contributed by atoms with Gasteiger partial charge in [-0.3, -0.25) is 0 Å². The van der Waals surface area contributed by atoms with E-state index in [1.54, 1.807) is 0 Å². The molecule has 0 amide bonds. The minimum absolute atomic E-state index is 0.851. The first-order chi connectivity index (χ1) is 8.99. The molecule has 0 fully saturated rings. The molecule has 0 radical (unpaired) electrons. The van der Waals surface area contributed by atoms with Gasteiger partial charge in [-0.25, -0.2) is 4.68 Å². The third-order valence-corrected chi connectivity index (χ3v) is 3.62. The van der Waals surface area contributed by atoms with Gasteiger partial charge in [0.1, 0.15) is 0 Å². The highest BCUT2D eigenvalue weighted by molar-refractivity contribution is 5.56. The van der Waals surface area contributed by atoms with E-state index in [0.29, 0.717) is 0 Å². The molecule has 2 aromatic rings. The Bertz CT molecular complexity index is 586. The minimum atomic E-state index is 0.851. The van der Waals surface area contributed by atoms with Crippen molar-refractivity contribution in [2.75, 3.05) is 5.73 Å². The fourth-order valence-corrected chi connectivity index (χ4v) is 2.81. The summed E-state index contributed by atoms with van der Waals surface area (Å²) in [6.45, 7) is 10.6. The second-order valence-corrected chi connectivity index (χ2v) is 5.17. The number of aryl methyl sites for hydroxylation is 4. The zero-order valence-corrected chi connectivity index (χ0v) is 12.5. The number of benzene rings is 1. The average molecular weight is 257 g/mol. The van der Waals surface area contributed by atoms with Crippen LogP contribution in [0.5, 0.6) is 0 Å². The second-order valence-electron chi connectivity index (χ2n) is 5.17. The monoisotopic (exact) mass is 257 g/mol. The fourth-order valence-electron chi connectivity index (χ4n) is 2.81. The third kappa shape index (κ3) is 2.25. The lowest BCUT2D eigenvalue weighted by atomic mass is 10.0. The molecule has 1 heterocycles. The van der Waals surface area contributed by atoms with Gasteiger partial charge < -0.3 is 5.73 Å². The SMILES string of the molecule is CCc1nn(-c2c(C)cc(C)cc2C)c(CC)c1N. The molecule has 3 heteroatoms. The maximum Gasteiger partial charge on any atom is 0.0858 e. The van der Waals surface area contributed by atoms with Gasteiger partial charge in [-0.2, -0.15) is 5.10 Å². The highest BCUT2D eigenvalue weighted by Crippen LogP contribution is 2.27. The highest BCUT2D eigenvalue weighted by atomic mass is 15.3. The first kappa shape index (κ1) is 13.7. The summed E-state index contributed by atoms with van der Waals surface area (Å²) in [5.74, 6) is 0. The molecule has 0 saturated carbocycles. The third-order valence-electron chi connectivity index (χ3n) is 3.62. The molecule has 0 aliphatic carbocycles. The Morgan fingerprint density at radius 3 is 2.11 bits per heavy atom. The Morgan fingerprint density at radius 2 is 1.63 bits per heavy atom. The molecule has 0 aliphatic rings. The van der Waals surface area contributed by atoms with Gasteiger partial charge in [-0.15, -0.1) is 0 Å². The van der Waals surface area contributed by atoms with Gasteiger partial charge in [0, 0.05) is 0 Å². The predicted octanol–water partition coefficient (Wildman–Crippen LogP) is 3.50. The number of nitrogens with two attached hydrogens (primary N) is 1. The van der Waals surface area contributed by atoms with Gasteiger partial charge in [0.15, 0.2) is 0 Å². The maximum atomic E-state index is 6.21. The van der Waals surface area contributed by atoms with Crippen LogP contribution in [0, 0.1) is 20.8 Å². The van der Waals surface area contributed by atoms with Crippen LogP contribution in [0.3, 0.4) is 0 Å². The zero-order valence-electron chi connectivity index (χ0n) is 12.5. The van der Waals surface area contributed by atoms with E-state index >= 15 is 0 Å². The summed E-state index contributed by atoms with van der Waals surface area (Å²) >= 11 is 0. The first-order valence-electron chi connectivity index (χ1n) is 6.94. The van der Waals surface area contributed by atoms with E-state index in [4.69, 9.17) is 10.8 Å². The van der Waals surface area contributed by atoms with Gasteiger partial charge in [-0.1, -0.05) is 31.5 Å². The van der Waals surface area contributed by atoms with Crippen molar-refractivity contribution in [3.8, 4) is 5.69 Å². The maximum absolute atomic E-state index is 6.21. The lowest BCUT2D eigenvalue weighted by Gasteiger charge is -2.14. The number of hydrogen-bond acceptors (Lipinski definition) is 2. The highest BCUT2D eigenvalue weighted by Gasteiger charge is 2.16. The lowest BCUT2D eigenvalue weighted by molar-refractivity contribution is 0.784. The first-order valence-corrected chi connectivity index (χ1v) is 6.94. The predicted molar refractivity (Wildman–Crippen MR) is 80.9 cm³/mol. The van der Waals surface area contributed by atoms with Crippen LogP contribution in [0.15, 0.2) is 12.1 Å². The molecule has 0 saturated heterocycles. The molecular weight excluding hydrogens is 234 g/mol. The Balaban J connectivity index is 2.72. The van der Waals surface area contributed by atoms with Crippen LogP contribution in [0.25, 0.3) is 5.69 Å². The molecule has 0 bridgehead atoms. The molecule has 1 aromatic heterocycles. The zero-order chi connectivity index (χ0) is 14.2. The number of anilines is 1. The van der Waals surface area contributed by atoms with Crippen molar-refractivity contribution in [2.24, 2.45) is 0 Å². The van der Waals surface area contributed by atoms with Crippen molar-refractivity contribution in [1.29, 1.82) is 0 Å². The van der Waals surface area contributed by atoms with Gasteiger partial charge in [-0.05, 0) is 44.7 Å². The Hall–Kier alpha value is -1.77. The van der Waals surface area contributed by atoms with Crippen LogP contribution < -0.4 is 5.73 Å². The van der Waals surface area contributed by atoms with E-state index in [1.807, 2.05) is 4.68 Å². The van der Waals surface area contributed by atoms with E-state index < -0.39 is 0 Å². The van der Waals surface area contributed by atoms with Crippen LogP contribution in [-0.4, -0.2) is 9.78 Å². The van der Waals surface area contributed by atoms with Crippen LogP contribution >= 0.6 is 0 Å². The molecule has 0 spiro atoms. The number of nitrogens with zero attached hydrogens (tertiary/aromatic N) is 2. The van der Waals surface area contributed by atoms with Gasteiger partial charge in [0.25, 0.3) is 0 Å². The number of rotatable bonds is 3. The summed E-state index contributed by atoms with van der Waals surface area (Å²) in [5.41, 5.74) is 14.1. The molecule has 1 aromatic carbocycles.